The van der Waals surface area contributed by atoms with Crippen LogP contribution in [-0.2, 0) is 0 Å². The maximum Gasteiger partial charge on any atom is 0.317 e. The van der Waals surface area contributed by atoms with Gasteiger partial charge in [-0.2, -0.15) is 0 Å². The molecule has 24 heavy (non-hydrogen) atoms. The van der Waals surface area contributed by atoms with Crippen molar-refractivity contribution in [3.63, 3.8) is 0 Å². The molecule has 1 aromatic rings. The molecule has 0 bridgehead atoms. The van der Waals surface area contributed by atoms with Crippen LogP contribution in [0.5, 0.6) is 0 Å². The third-order valence-corrected chi connectivity index (χ3v) is 5.65. The van der Waals surface area contributed by atoms with Gasteiger partial charge in [-0.3, -0.25) is 4.90 Å². The quantitative estimate of drug-likeness (QED) is 0.919. The van der Waals surface area contributed by atoms with Crippen molar-refractivity contribution >= 4 is 6.03 Å². The molecule has 1 spiro atoms. The largest absolute Gasteiger partial charge is 0.336 e. The van der Waals surface area contributed by atoms with E-state index < -0.39 is 0 Å². The van der Waals surface area contributed by atoms with Gasteiger partial charge >= 0.3 is 6.03 Å². The normalized spacial score (nSPS) is 23.6. The Hall–Kier alpha value is -1.55. The summed E-state index contributed by atoms with van der Waals surface area (Å²) in [5, 5.41) is 3.02. The number of urea groups is 1. The fraction of sp³-hybridized carbons (Fsp3) is 0.650. The first-order chi connectivity index (χ1) is 11.4. The number of rotatable bonds is 3. The molecule has 0 aliphatic carbocycles. The van der Waals surface area contributed by atoms with Crippen molar-refractivity contribution in [3.05, 3.63) is 35.9 Å². The van der Waals surface area contributed by atoms with E-state index in [9.17, 15) is 4.79 Å². The molecule has 4 nitrogen and oxygen atoms in total. The van der Waals surface area contributed by atoms with Gasteiger partial charge in [0.25, 0.3) is 0 Å². The second-order valence-electron chi connectivity index (χ2n) is 8.03. The number of piperidine rings is 1. The molecule has 0 aromatic heterocycles. The highest BCUT2D eigenvalue weighted by atomic mass is 16.2. The van der Waals surface area contributed by atoms with Gasteiger partial charge < -0.3 is 10.2 Å². The molecule has 3 rings (SSSR count). The summed E-state index contributed by atoms with van der Waals surface area (Å²) in [6.45, 7) is 11.5. The Kier molecular flexibility index (Phi) is 4.86. The molecular weight excluding hydrogens is 298 g/mol. The highest BCUT2D eigenvalue weighted by Gasteiger charge is 2.54. The molecule has 132 valence electrons. The first-order valence-electron chi connectivity index (χ1n) is 9.29. The predicted molar refractivity (Wildman–Crippen MR) is 97.9 cm³/mol. The van der Waals surface area contributed by atoms with Gasteiger partial charge in [-0.05, 0) is 46.1 Å². The minimum atomic E-state index is 0.0937. The van der Waals surface area contributed by atoms with E-state index >= 15 is 0 Å². The summed E-state index contributed by atoms with van der Waals surface area (Å²) in [6.07, 6.45) is 2.20. The van der Waals surface area contributed by atoms with Gasteiger partial charge in [-0.25, -0.2) is 4.79 Å². The Bertz CT molecular complexity index is 562. The van der Waals surface area contributed by atoms with Crippen LogP contribution >= 0.6 is 0 Å². The minimum absolute atomic E-state index is 0.0937. The van der Waals surface area contributed by atoms with Gasteiger partial charge in [-0.15, -0.1) is 0 Å². The maximum absolute atomic E-state index is 12.3. The van der Waals surface area contributed by atoms with Crippen LogP contribution in [0.2, 0.25) is 0 Å². The maximum atomic E-state index is 12.3. The van der Waals surface area contributed by atoms with E-state index in [4.69, 9.17) is 0 Å². The average Bonchev–Trinajstić information content (AvgIpc) is 2.53. The lowest BCUT2D eigenvalue weighted by molar-refractivity contribution is -0.123. The van der Waals surface area contributed by atoms with Gasteiger partial charge in [0.1, 0.15) is 0 Å². The first kappa shape index (κ1) is 17.3. The van der Waals surface area contributed by atoms with Crippen molar-refractivity contribution in [2.24, 2.45) is 5.41 Å². The minimum Gasteiger partial charge on any atom is -0.336 e. The second kappa shape index (κ2) is 6.75. The Labute approximate surface area is 146 Å². The van der Waals surface area contributed by atoms with Crippen LogP contribution in [0.25, 0.3) is 0 Å². The lowest BCUT2D eigenvalue weighted by Crippen LogP contribution is -2.64. The Balaban J connectivity index is 1.71. The highest BCUT2D eigenvalue weighted by Crippen LogP contribution is 2.55. The van der Waals surface area contributed by atoms with Crippen LogP contribution in [0, 0.1) is 5.41 Å². The molecule has 2 saturated heterocycles. The monoisotopic (exact) mass is 329 g/mol. The van der Waals surface area contributed by atoms with Gasteiger partial charge in [0, 0.05) is 43.2 Å². The van der Waals surface area contributed by atoms with E-state index in [-0.39, 0.29) is 12.1 Å². The average molecular weight is 329 g/mol. The molecular formula is C20H31N3O. The van der Waals surface area contributed by atoms with E-state index in [1.807, 2.05) is 18.7 Å². The number of amides is 2. The summed E-state index contributed by atoms with van der Waals surface area (Å²) in [5.74, 6) is 0. The zero-order chi connectivity index (χ0) is 17.3. The lowest BCUT2D eigenvalue weighted by Gasteiger charge is -2.62. The number of nitrogens with zero attached hydrogens (tertiary/aromatic N) is 2. The van der Waals surface area contributed by atoms with E-state index in [0.29, 0.717) is 17.5 Å². The number of nitrogens with one attached hydrogen (secondary N) is 1. The van der Waals surface area contributed by atoms with Crippen molar-refractivity contribution in [2.45, 2.75) is 58.7 Å². The Morgan fingerprint density at radius 1 is 1.12 bits per heavy atom. The van der Waals surface area contributed by atoms with Crippen LogP contribution in [0.15, 0.2) is 30.3 Å². The zero-order valence-corrected chi connectivity index (χ0v) is 15.5. The van der Waals surface area contributed by atoms with E-state index in [0.717, 1.165) is 32.5 Å². The second-order valence-corrected chi connectivity index (χ2v) is 8.03. The molecule has 0 saturated carbocycles. The van der Waals surface area contributed by atoms with E-state index in [1.165, 1.54) is 5.56 Å². The first-order valence-corrected chi connectivity index (χ1v) is 9.29. The SMILES string of the molecule is CC(C)NC(=O)N1CCC2(CC1)CN(C(C)C)C2c1ccccc1. The molecule has 2 heterocycles. The third-order valence-electron chi connectivity index (χ3n) is 5.65. The number of likely N-dealkylation sites (tertiary alicyclic amines) is 2. The van der Waals surface area contributed by atoms with Crippen molar-refractivity contribution in [3.8, 4) is 0 Å². The van der Waals surface area contributed by atoms with Crippen LogP contribution in [0.4, 0.5) is 4.79 Å². The third kappa shape index (κ3) is 3.16. The number of carbonyl (C=O) groups is 1. The van der Waals surface area contributed by atoms with E-state index in [1.54, 1.807) is 0 Å². The molecule has 1 unspecified atom stereocenters. The number of hydrogen-bond acceptors (Lipinski definition) is 2. The van der Waals surface area contributed by atoms with E-state index in [2.05, 4.69) is 54.4 Å². The molecule has 2 aliphatic rings. The van der Waals surface area contributed by atoms with Gasteiger partial charge in [0.15, 0.2) is 0 Å². The summed E-state index contributed by atoms with van der Waals surface area (Å²) >= 11 is 0. The number of carbonyl (C=O) groups excluding carboxylic acids is 1. The van der Waals surface area contributed by atoms with Crippen molar-refractivity contribution in [1.29, 1.82) is 0 Å². The molecule has 4 heteroatoms. The highest BCUT2D eigenvalue weighted by molar-refractivity contribution is 5.74. The number of benzene rings is 1. The molecule has 2 amide bonds. The van der Waals surface area contributed by atoms with Crippen molar-refractivity contribution in [2.75, 3.05) is 19.6 Å². The van der Waals surface area contributed by atoms with Crippen LogP contribution in [-0.4, -0.2) is 47.5 Å². The predicted octanol–water partition coefficient (Wildman–Crippen LogP) is 3.65. The number of hydrogen-bond donors (Lipinski definition) is 1. The zero-order valence-electron chi connectivity index (χ0n) is 15.5. The smallest absolute Gasteiger partial charge is 0.317 e. The molecule has 2 aliphatic heterocycles. The summed E-state index contributed by atoms with van der Waals surface area (Å²) in [5.41, 5.74) is 1.76. The fourth-order valence-electron chi connectivity index (χ4n) is 4.37. The lowest BCUT2D eigenvalue weighted by atomic mass is 9.62. The summed E-state index contributed by atoms with van der Waals surface area (Å²) < 4.78 is 0. The molecule has 1 aromatic carbocycles. The molecule has 1 atom stereocenters. The Morgan fingerprint density at radius 3 is 2.29 bits per heavy atom. The summed E-state index contributed by atoms with van der Waals surface area (Å²) in [4.78, 5) is 16.9. The topological polar surface area (TPSA) is 35.6 Å². The van der Waals surface area contributed by atoms with Gasteiger partial charge in [0.2, 0.25) is 0 Å². The van der Waals surface area contributed by atoms with Crippen molar-refractivity contribution in [1.82, 2.24) is 15.1 Å². The summed E-state index contributed by atoms with van der Waals surface area (Å²) in [7, 11) is 0. The van der Waals surface area contributed by atoms with Crippen LogP contribution in [0.3, 0.4) is 0 Å². The van der Waals surface area contributed by atoms with Crippen molar-refractivity contribution < 1.29 is 4.79 Å². The van der Waals surface area contributed by atoms with Crippen LogP contribution in [0.1, 0.15) is 52.1 Å². The molecule has 1 N–H and O–H groups in total. The molecule has 0 radical (unpaired) electrons. The fourth-order valence-corrected chi connectivity index (χ4v) is 4.37. The Morgan fingerprint density at radius 2 is 1.75 bits per heavy atom. The standard InChI is InChI=1S/C20H31N3O/c1-15(2)21-19(24)22-12-10-20(11-13-22)14-23(16(3)4)18(20)17-8-6-5-7-9-17/h5-9,15-16,18H,10-14H2,1-4H3,(H,21,24). The van der Waals surface area contributed by atoms with Crippen LogP contribution < -0.4 is 5.32 Å². The van der Waals surface area contributed by atoms with Gasteiger partial charge in [-0.1, -0.05) is 30.3 Å². The summed E-state index contributed by atoms with van der Waals surface area (Å²) in [6, 6.07) is 12.3. The molecule has 2 fully saturated rings. The van der Waals surface area contributed by atoms with Gasteiger partial charge in [0.05, 0.1) is 0 Å².